The number of hydrogen-bond acceptors (Lipinski definition) is 3. The second-order valence-electron chi connectivity index (χ2n) is 6.78. The van der Waals surface area contributed by atoms with Crippen LogP contribution >= 0.6 is 11.6 Å². The highest BCUT2D eigenvalue weighted by atomic mass is 35.5. The molecule has 0 radical (unpaired) electrons. The summed E-state index contributed by atoms with van der Waals surface area (Å²) in [5.41, 5.74) is 5.59. The molecule has 0 aliphatic carbocycles. The molecule has 0 bridgehead atoms. The molecule has 4 heteroatoms. The predicted octanol–water partition coefficient (Wildman–Crippen LogP) is 3.05. The number of fused-ring (bicyclic) bond motifs is 5. The predicted molar refractivity (Wildman–Crippen MR) is 98.9 cm³/mol. The molecule has 0 spiro atoms. The number of rotatable bonds is 3. The van der Waals surface area contributed by atoms with Crippen LogP contribution < -0.4 is 4.90 Å². The molecule has 3 nitrogen and oxygen atoms in total. The second-order valence-corrected chi connectivity index (χ2v) is 7.09. The van der Waals surface area contributed by atoms with Gasteiger partial charge in [0, 0.05) is 37.7 Å². The third kappa shape index (κ3) is 2.92. The molecule has 126 valence electrons. The van der Waals surface area contributed by atoms with Crippen molar-refractivity contribution in [3.8, 4) is 0 Å². The summed E-state index contributed by atoms with van der Waals surface area (Å²) >= 11 is 5.80. The molecule has 2 aliphatic heterocycles. The SMILES string of the molecule is OC(CCl)CN1CCN2c3ccccc3Cc3ccccc3C2C1. The van der Waals surface area contributed by atoms with E-state index in [1.54, 1.807) is 0 Å². The Labute approximate surface area is 148 Å². The zero-order valence-corrected chi connectivity index (χ0v) is 14.5. The number of benzene rings is 2. The summed E-state index contributed by atoms with van der Waals surface area (Å²) in [5.74, 6) is 0.296. The van der Waals surface area contributed by atoms with Gasteiger partial charge >= 0.3 is 0 Å². The Kier molecular flexibility index (Phi) is 4.49. The van der Waals surface area contributed by atoms with Gasteiger partial charge in [-0.15, -0.1) is 11.6 Å². The molecule has 0 aromatic heterocycles. The molecule has 2 aliphatic rings. The van der Waals surface area contributed by atoms with Crippen molar-refractivity contribution in [2.45, 2.75) is 18.6 Å². The van der Waals surface area contributed by atoms with E-state index in [-0.39, 0.29) is 0 Å². The van der Waals surface area contributed by atoms with Gasteiger partial charge in [0.1, 0.15) is 0 Å². The highest BCUT2D eigenvalue weighted by Gasteiger charge is 2.33. The molecular formula is C20H23ClN2O. The standard InChI is InChI=1S/C20H23ClN2O/c21-12-17(24)13-22-9-10-23-19-8-4-2-6-16(19)11-15-5-1-3-7-18(15)20(23)14-22/h1-8,17,20,24H,9-14H2. The van der Waals surface area contributed by atoms with Crippen LogP contribution in [0.3, 0.4) is 0 Å². The Morgan fingerprint density at radius 2 is 1.79 bits per heavy atom. The average Bonchev–Trinajstić information content (AvgIpc) is 2.76. The first-order valence-electron chi connectivity index (χ1n) is 8.65. The van der Waals surface area contributed by atoms with Gasteiger partial charge in [-0.3, -0.25) is 4.90 Å². The van der Waals surface area contributed by atoms with E-state index in [2.05, 4.69) is 58.3 Å². The summed E-state index contributed by atoms with van der Waals surface area (Å²) < 4.78 is 0. The van der Waals surface area contributed by atoms with E-state index in [0.29, 0.717) is 18.5 Å². The van der Waals surface area contributed by atoms with E-state index < -0.39 is 6.10 Å². The number of nitrogens with zero attached hydrogens (tertiary/aromatic N) is 2. The van der Waals surface area contributed by atoms with Crippen molar-refractivity contribution in [1.29, 1.82) is 0 Å². The minimum absolute atomic E-state index is 0.296. The van der Waals surface area contributed by atoms with Gasteiger partial charge in [-0.2, -0.15) is 0 Å². The van der Waals surface area contributed by atoms with Crippen molar-refractivity contribution in [3.05, 3.63) is 65.2 Å². The Morgan fingerprint density at radius 1 is 1.04 bits per heavy atom. The number of aliphatic hydroxyl groups is 1. The fourth-order valence-corrected chi connectivity index (χ4v) is 4.17. The van der Waals surface area contributed by atoms with Crippen LogP contribution in [0.4, 0.5) is 5.69 Å². The summed E-state index contributed by atoms with van der Waals surface area (Å²) in [6.07, 6.45) is 0.537. The average molecular weight is 343 g/mol. The van der Waals surface area contributed by atoms with Crippen molar-refractivity contribution in [2.24, 2.45) is 0 Å². The van der Waals surface area contributed by atoms with E-state index >= 15 is 0 Å². The first kappa shape index (κ1) is 15.9. The minimum Gasteiger partial charge on any atom is -0.391 e. The maximum absolute atomic E-state index is 9.93. The number of alkyl halides is 1. The van der Waals surface area contributed by atoms with Crippen molar-refractivity contribution in [1.82, 2.24) is 4.90 Å². The lowest BCUT2D eigenvalue weighted by atomic mass is 9.96. The Balaban J connectivity index is 1.71. The molecule has 1 fully saturated rings. The van der Waals surface area contributed by atoms with Crippen molar-refractivity contribution >= 4 is 17.3 Å². The second kappa shape index (κ2) is 6.75. The number of β-amino-alcohol motifs (C(OH)–C–C–N with tert-alkyl or cyclic N) is 1. The maximum atomic E-state index is 9.93. The number of hydrogen-bond donors (Lipinski definition) is 1. The number of anilines is 1. The molecular weight excluding hydrogens is 320 g/mol. The summed E-state index contributed by atoms with van der Waals surface area (Å²) in [6.45, 7) is 3.52. The zero-order chi connectivity index (χ0) is 16.5. The third-order valence-corrected chi connectivity index (χ3v) is 5.56. The molecule has 0 saturated carbocycles. The summed E-state index contributed by atoms with van der Waals surface area (Å²) in [4.78, 5) is 4.89. The summed E-state index contributed by atoms with van der Waals surface area (Å²) in [5, 5.41) is 9.93. The lowest BCUT2D eigenvalue weighted by Gasteiger charge is -2.43. The molecule has 24 heavy (non-hydrogen) atoms. The van der Waals surface area contributed by atoms with E-state index in [1.165, 1.54) is 22.4 Å². The van der Waals surface area contributed by atoms with Gasteiger partial charge in [-0.05, 0) is 29.2 Å². The number of para-hydroxylation sites is 1. The van der Waals surface area contributed by atoms with Gasteiger partial charge < -0.3 is 10.0 Å². The van der Waals surface area contributed by atoms with Crippen molar-refractivity contribution in [3.63, 3.8) is 0 Å². The molecule has 2 heterocycles. The zero-order valence-electron chi connectivity index (χ0n) is 13.7. The van der Waals surface area contributed by atoms with Gasteiger partial charge in [0.25, 0.3) is 0 Å². The Hall–Kier alpha value is -1.55. The highest BCUT2D eigenvalue weighted by molar-refractivity contribution is 6.18. The number of halogens is 1. The van der Waals surface area contributed by atoms with Crippen molar-refractivity contribution < 1.29 is 5.11 Å². The van der Waals surface area contributed by atoms with Gasteiger partial charge in [0.2, 0.25) is 0 Å². The van der Waals surface area contributed by atoms with E-state index in [4.69, 9.17) is 11.6 Å². The van der Waals surface area contributed by atoms with Crippen LogP contribution in [0.2, 0.25) is 0 Å². The van der Waals surface area contributed by atoms with Crippen LogP contribution in [-0.2, 0) is 6.42 Å². The molecule has 4 rings (SSSR count). The third-order valence-electron chi connectivity index (χ3n) is 5.21. The largest absolute Gasteiger partial charge is 0.391 e. The smallest absolute Gasteiger partial charge is 0.0802 e. The number of piperazine rings is 1. The molecule has 2 aromatic rings. The van der Waals surface area contributed by atoms with Gasteiger partial charge in [0.05, 0.1) is 12.1 Å². The van der Waals surface area contributed by atoms with Gasteiger partial charge in [-0.1, -0.05) is 42.5 Å². The summed E-state index contributed by atoms with van der Waals surface area (Å²) in [6, 6.07) is 17.9. The first-order chi connectivity index (χ1) is 11.8. The lowest BCUT2D eigenvalue weighted by molar-refractivity contribution is 0.115. The molecule has 2 aromatic carbocycles. The normalized spacial score (nSPS) is 21.4. The number of aliphatic hydroxyl groups excluding tert-OH is 1. The van der Waals surface area contributed by atoms with Crippen LogP contribution in [0.1, 0.15) is 22.7 Å². The molecule has 2 atom stereocenters. The molecule has 1 N–H and O–H groups in total. The topological polar surface area (TPSA) is 26.7 Å². The van der Waals surface area contributed by atoms with Crippen LogP contribution in [0.15, 0.2) is 48.5 Å². The van der Waals surface area contributed by atoms with E-state index in [1.807, 2.05) is 0 Å². The van der Waals surface area contributed by atoms with Crippen molar-refractivity contribution in [2.75, 3.05) is 37.0 Å². The van der Waals surface area contributed by atoms with Gasteiger partial charge in [-0.25, -0.2) is 0 Å². The van der Waals surface area contributed by atoms with Crippen LogP contribution in [0.5, 0.6) is 0 Å². The van der Waals surface area contributed by atoms with Gasteiger partial charge in [0.15, 0.2) is 0 Å². The van der Waals surface area contributed by atoms with Crippen LogP contribution in [0, 0.1) is 0 Å². The van der Waals surface area contributed by atoms with E-state index in [9.17, 15) is 5.11 Å². The Morgan fingerprint density at radius 3 is 2.62 bits per heavy atom. The lowest BCUT2D eigenvalue weighted by Crippen LogP contribution is -2.50. The fourth-order valence-electron chi connectivity index (χ4n) is 4.07. The minimum atomic E-state index is -0.452. The van der Waals surface area contributed by atoms with Crippen LogP contribution in [-0.4, -0.2) is 48.2 Å². The molecule has 0 amide bonds. The molecule has 1 saturated heterocycles. The quantitative estimate of drug-likeness (QED) is 0.868. The maximum Gasteiger partial charge on any atom is 0.0802 e. The monoisotopic (exact) mass is 342 g/mol. The van der Waals surface area contributed by atoms with E-state index in [0.717, 1.165) is 26.1 Å². The first-order valence-corrected chi connectivity index (χ1v) is 9.18. The Bertz CT molecular complexity index is 720. The summed E-state index contributed by atoms with van der Waals surface area (Å²) in [7, 11) is 0. The molecule has 2 unspecified atom stereocenters. The van der Waals surface area contributed by atoms with Crippen LogP contribution in [0.25, 0.3) is 0 Å². The fraction of sp³-hybridized carbons (Fsp3) is 0.400. The highest BCUT2D eigenvalue weighted by Crippen LogP contribution is 2.39.